The third-order valence-corrected chi connectivity index (χ3v) is 3.80. The van der Waals surface area contributed by atoms with Crippen LogP contribution < -0.4 is 10.1 Å². The third kappa shape index (κ3) is 4.24. The molecule has 7 heteroatoms. The van der Waals surface area contributed by atoms with E-state index in [1.165, 1.54) is 21.3 Å². The van der Waals surface area contributed by atoms with Crippen molar-refractivity contribution in [1.29, 1.82) is 0 Å². The lowest BCUT2D eigenvalue weighted by atomic mass is 9.95. The normalized spacial score (nSPS) is 19.6. The number of hydrogen-bond donors (Lipinski definition) is 1. The zero-order valence-corrected chi connectivity index (χ0v) is 13.9. The van der Waals surface area contributed by atoms with Gasteiger partial charge in [0.2, 0.25) is 5.88 Å². The van der Waals surface area contributed by atoms with Crippen molar-refractivity contribution in [2.75, 3.05) is 27.9 Å². The highest BCUT2D eigenvalue weighted by molar-refractivity contribution is 5.91. The molecule has 2 heterocycles. The van der Waals surface area contributed by atoms with Crippen molar-refractivity contribution in [2.24, 2.45) is 5.92 Å². The molecule has 0 bridgehead atoms. The van der Waals surface area contributed by atoms with Crippen LogP contribution in [0.5, 0.6) is 5.88 Å². The molecule has 0 saturated carbocycles. The zero-order chi connectivity index (χ0) is 17.5. The van der Waals surface area contributed by atoms with Crippen molar-refractivity contribution >= 4 is 11.9 Å². The Morgan fingerprint density at radius 2 is 2.00 bits per heavy atom. The Hall–Kier alpha value is -2.59. The number of pyridine rings is 1. The number of piperidine rings is 1. The van der Waals surface area contributed by atoms with Crippen LogP contribution in [0, 0.1) is 17.8 Å². The van der Waals surface area contributed by atoms with E-state index in [4.69, 9.17) is 14.2 Å². The Morgan fingerprint density at radius 1 is 1.21 bits per heavy atom. The molecular weight excluding hydrogens is 312 g/mol. The van der Waals surface area contributed by atoms with Gasteiger partial charge in [0.1, 0.15) is 5.69 Å². The van der Waals surface area contributed by atoms with Crippen LogP contribution in [-0.4, -0.2) is 50.8 Å². The lowest BCUT2D eigenvalue weighted by Gasteiger charge is -2.25. The minimum absolute atomic E-state index is 0.0793. The van der Waals surface area contributed by atoms with Crippen LogP contribution in [0.2, 0.25) is 0 Å². The fraction of sp³-hybridized carbons (Fsp3) is 0.471. The summed E-state index contributed by atoms with van der Waals surface area (Å²) in [4.78, 5) is 27.5. The molecule has 0 radical (unpaired) electrons. The maximum Gasteiger partial charge on any atom is 0.340 e. The Morgan fingerprint density at radius 3 is 2.58 bits per heavy atom. The molecule has 0 aromatic carbocycles. The highest BCUT2D eigenvalue weighted by atomic mass is 16.5. The van der Waals surface area contributed by atoms with E-state index in [0.717, 1.165) is 0 Å². The molecule has 1 saturated heterocycles. The van der Waals surface area contributed by atoms with Crippen LogP contribution in [0.25, 0.3) is 0 Å². The molecule has 1 aliphatic heterocycles. The third-order valence-electron chi connectivity index (χ3n) is 3.80. The molecule has 7 nitrogen and oxygen atoms in total. The number of esters is 2. The molecular formula is C17H20N2O5. The summed E-state index contributed by atoms with van der Waals surface area (Å²) in [7, 11) is 4.18. The monoisotopic (exact) mass is 332 g/mol. The first-order valence-corrected chi connectivity index (χ1v) is 7.55. The second-order valence-corrected chi connectivity index (χ2v) is 5.27. The molecule has 0 spiro atoms. The Kier molecular flexibility index (Phi) is 6.15. The number of methoxy groups -OCH3 is 3. The van der Waals surface area contributed by atoms with Crippen LogP contribution in [0.15, 0.2) is 12.1 Å². The van der Waals surface area contributed by atoms with Crippen molar-refractivity contribution < 1.29 is 23.8 Å². The predicted octanol–water partition coefficient (Wildman–Crippen LogP) is 0.769. The summed E-state index contributed by atoms with van der Waals surface area (Å²) >= 11 is 0. The standard InChI is InChI=1S/C17H20N2O5/c1-22-15-9-7-13(17(21)24-3)14(19-15)8-6-12-5-4-11(10-18-12)16(20)23-2/h7,9,11-12,18H,4-5,10H2,1-3H3/t11-,12+/m0/s1. The smallest absolute Gasteiger partial charge is 0.340 e. The van der Waals surface area contributed by atoms with Crippen molar-refractivity contribution in [1.82, 2.24) is 10.3 Å². The Bertz CT molecular complexity index is 669. The Labute approximate surface area is 140 Å². The van der Waals surface area contributed by atoms with E-state index < -0.39 is 5.97 Å². The highest BCUT2D eigenvalue weighted by Crippen LogP contribution is 2.16. The number of nitrogens with one attached hydrogen (secondary N) is 1. The predicted molar refractivity (Wildman–Crippen MR) is 85.5 cm³/mol. The summed E-state index contributed by atoms with van der Waals surface area (Å²) < 4.78 is 14.6. The number of aromatic nitrogens is 1. The molecule has 128 valence electrons. The summed E-state index contributed by atoms with van der Waals surface area (Å²) in [5.41, 5.74) is 0.590. The van der Waals surface area contributed by atoms with E-state index in [1.807, 2.05) is 0 Å². The molecule has 1 aliphatic rings. The van der Waals surface area contributed by atoms with Gasteiger partial charge in [0.15, 0.2) is 0 Å². The van der Waals surface area contributed by atoms with Gasteiger partial charge in [0.25, 0.3) is 0 Å². The topological polar surface area (TPSA) is 86.8 Å². The van der Waals surface area contributed by atoms with E-state index in [2.05, 4.69) is 22.1 Å². The van der Waals surface area contributed by atoms with Crippen molar-refractivity contribution in [3.05, 3.63) is 23.4 Å². The van der Waals surface area contributed by atoms with Crippen LogP contribution in [0.1, 0.15) is 28.9 Å². The van der Waals surface area contributed by atoms with Gasteiger partial charge in [0, 0.05) is 12.6 Å². The first kappa shape index (κ1) is 17.8. The summed E-state index contributed by atoms with van der Waals surface area (Å²) in [6, 6.07) is 3.07. The number of carbonyl (C=O) groups is 2. The molecule has 1 aromatic heterocycles. The second-order valence-electron chi connectivity index (χ2n) is 5.27. The maximum atomic E-state index is 11.8. The van der Waals surface area contributed by atoms with Crippen molar-refractivity contribution in [3.8, 4) is 17.7 Å². The molecule has 1 N–H and O–H groups in total. The van der Waals surface area contributed by atoms with E-state index in [9.17, 15) is 9.59 Å². The highest BCUT2D eigenvalue weighted by Gasteiger charge is 2.25. The summed E-state index contributed by atoms with van der Waals surface area (Å²) in [6.45, 7) is 0.515. The molecule has 2 rings (SSSR count). The first-order chi connectivity index (χ1) is 11.6. The average molecular weight is 332 g/mol. The van der Waals surface area contributed by atoms with Gasteiger partial charge in [-0.15, -0.1) is 0 Å². The molecule has 1 fully saturated rings. The van der Waals surface area contributed by atoms with Crippen LogP contribution in [0.4, 0.5) is 0 Å². The summed E-state index contributed by atoms with van der Waals surface area (Å²) in [5.74, 6) is 5.47. The molecule has 2 atom stereocenters. The maximum absolute atomic E-state index is 11.8. The fourth-order valence-electron chi connectivity index (χ4n) is 2.43. The van der Waals surface area contributed by atoms with Gasteiger partial charge in [-0.25, -0.2) is 9.78 Å². The minimum Gasteiger partial charge on any atom is -0.481 e. The van der Waals surface area contributed by atoms with Gasteiger partial charge in [-0.1, -0.05) is 5.92 Å². The Balaban J connectivity index is 2.13. The van der Waals surface area contributed by atoms with Gasteiger partial charge >= 0.3 is 11.9 Å². The van der Waals surface area contributed by atoms with E-state index in [1.54, 1.807) is 12.1 Å². The van der Waals surface area contributed by atoms with E-state index in [0.29, 0.717) is 31.0 Å². The minimum atomic E-state index is -0.503. The molecule has 0 unspecified atom stereocenters. The van der Waals surface area contributed by atoms with Crippen LogP contribution in [0.3, 0.4) is 0 Å². The lowest BCUT2D eigenvalue weighted by Crippen LogP contribution is -2.41. The van der Waals surface area contributed by atoms with Crippen LogP contribution in [-0.2, 0) is 14.3 Å². The quantitative estimate of drug-likeness (QED) is 0.646. The largest absolute Gasteiger partial charge is 0.481 e. The molecule has 0 amide bonds. The van der Waals surface area contributed by atoms with Crippen molar-refractivity contribution in [3.63, 3.8) is 0 Å². The second kappa shape index (κ2) is 8.31. The van der Waals surface area contributed by atoms with E-state index >= 15 is 0 Å². The number of hydrogen-bond acceptors (Lipinski definition) is 7. The SMILES string of the molecule is COC(=O)c1ccc(OC)nc1C#C[C@H]1CC[C@H](C(=O)OC)CN1. The average Bonchev–Trinajstić information content (AvgIpc) is 2.65. The summed E-state index contributed by atoms with van der Waals surface area (Å²) in [5, 5.41) is 3.20. The molecule has 1 aromatic rings. The number of nitrogens with zero attached hydrogens (tertiary/aromatic N) is 1. The fourth-order valence-corrected chi connectivity index (χ4v) is 2.43. The van der Waals surface area contributed by atoms with Gasteiger partial charge < -0.3 is 19.5 Å². The van der Waals surface area contributed by atoms with E-state index in [-0.39, 0.29) is 23.5 Å². The first-order valence-electron chi connectivity index (χ1n) is 7.55. The van der Waals surface area contributed by atoms with Gasteiger partial charge in [-0.05, 0) is 24.8 Å². The number of rotatable bonds is 3. The lowest BCUT2D eigenvalue weighted by molar-refractivity contribution is -0.146. The van der Waals surface area contributed by atoms with Gasteiger partial charge in [-0.2, -0.15) is 0 Å². The summed E-state index contributed by atoms with van der Waals surface area (Å²) in [6.07, 6.45) is 1.42. The molecule has 0 aliphatic carbocycles. The van der Waals surface area contributed by atoms with Gasteiger partial charge in [0.05, 0.1) is 38.9 Å². The van der Waals surface area contributed by atoms with Crippen molar-refractivity contribution in [2.45, 2.75) is 18.9 Å². The number of carbonyl (C=O) groups excluding carboxylic acids is 2. The van der Waals surface area contributed by atoms with Crippen LogP contribution >= 0.6 is 0 Å². The molecule has 24 heavy (non-hydrogen) atoms. The zero-order valence-electron chi connectivity index (χ0n) is 13.9. The number of ether oxygens (including phenoxy) is 3. The van der Waals surface area contributed by atoms with Gasteiger partial charge in [-0.3, -0.25) is 4.79 Å².